The third kappa shape index (κ3) is 6.74. The standard InChI is InChI=1S/C31H30ClN3O7S/c1-2-41-31(38)20-13-15-35(16-14-20)43(39,40)24-10-5-7-21(17-24)26(36)19-33-28-25-11-3-4-12-27(25)42-29(28)30(37)34-23-9-6-8-22(32)18-23/h3-12,17-18,20,33H,2,13-16,19H2,1H3,(H,34,37). The minimum Gasteiger partial charge on any atom is -0.466 e. The van der Waals surface area contributed by atoms with Crippen LogP contribution in [0.25, 0.3) is 11.0 Å². The summed E-state index contributed by atoms with van der Waals surface area (Å²) in [5, 5.41) is 6.84. The number of nitrogens with zero attached hydrogens (tertiary/aromatic N) is 1. The second-order valence-corrected chi connectivity index (χ2v) is 12.4. The minimum atomic E-state index is -3.89. The van der Waals surface area contributed by atoms with Crippen molar-refractivity contribution < 1.29 is 32.0 Å². The van der Waals surface area contributed by atoms with Crippen molar-refractivity contribution in [2.45, 2.75) is 24.7 Å². The summed E-state index contributed by atoms with van der Waals surface area (Å²) in [7, 11) is -3.89. The van der Waals surface area contributed by atoms with Crippen LogP contribution in [0.15, 0.2) is 82.1 Å². The normalized spacial score (nSPS) is 14.4. The van der Waals surface area contributed by atoms with Crippen LogP contribution >= 0.6 is 11.6 Å². The number of rotatable bonds is 10. The van der Waals surface area contributed by atoms with Gasteiger partial charge in [0.2, 0.25) is 15.8 Å². The van der Waals surface area contributed by atoms with Gasteiger partial charge in [-0.05, 0) is 62.2 Å². The van der Waals surface area contributed by atoms with Crippen LogP contribution in [0.1, 0.15) is 40.7 Å². The zero-order chi connectivity index (χ0) is 30.6. The molecule has 0 atom stereocenters. The molecule has 2 heterocycles. The molecule has 2 N–H and O–H groups in total. The Morgan fingerprint density at radius 3 is 2.49 bits per heavy atom. The van der Waals surface area contributed by atoms with Gasteiger partial charge in [-0.25, -0.2) is 8.42 Å². The molecule has 1 fully saturated rings. The first-order chi connectivity index (χ1) is 20.7. The van der Waals surface area contributed by atoms with Crippen LogP contribution in [0.3, 0.4) is 0 Å². The number of Topliss-reactive ketones (excluding diaryl/α,β-unsaturated/α-hetero) is 1. The van der Waals surface area contributed by atoms with E-state index < -0.39 is 15.9 Å². The Bertz CT molecular complexity index is 1780. The van der Waals surface area contributed by atoms with E-state index in [0.717, 1.165) is 0 Å². The van der Waals surface area contributed by atoms with Crippen molar-refractivity contribution in [3.63, 3.8) is 0 Å². The number of nitrogens with one attached hydrogen (secondary N) is 2. The van der Waals surface area contributed by atoms with E-state index in [1.807, 2.05) is 0 Å². The fourth-order valence-electron chi connectivity index (χ4n) is 4.98. The molecule has 0 aliphatic carbocycles. The Morgan fingerprint density at radius 2 is 1.74 bits per heavy atom. The molecule has 0 bridgehead atoms. The molecule has 0 radical (unpaired) electrons. The molecule has 43 heavy (non-hydrogen) atoms. The SMILES string of the molecule is CCOC(=O)C1CCN(S(=O)(=O)c2cccc(C(=O)CNc3c(C(=O)Nc4cccc(Cl)c4)oc4ccccc34)c2)CC1. The number of anilines is 2. The summed E-state index contributed by atoms with van der Waals surface area (Å²) in [6.07, 6.45) is 0.735. The van der Waals surface area contributed by atoms with Crippen molar-refractivity contribution in [3.05, 3.63) is 89.1 Å². The number of carbonyl (C=O) groups excluding carboxylic acids is 3. The number of amides is 1. The van der Waals surface area contributed by atoms with Crippen LogP contribution in [-0.4, -0.2) is 56.6 Å². The quantitative estimate of drug-likeness (QED) is 0.172. The largest absolute Gasteiger partial charge is 0.466 e. The second kappa shape index (κ2) is 13.0. The highest BCUT2D eigenvalue weighted by Gasteiger charge is 2.33. The molecular formula is C31H30ClN3O7S. The van der Waals surface area contributed by atoms with Crippen molar-refractivity contribution in [2.24, 2.45) is 5.92 Å². The molecule has 0 spiro atoms. The molecule has 10 nitrogen and oxygen atoms in total. The number of sulfonamides is 1. The number of benzene rings is 3. The lowest BCUT2D eigenvalue weighted by molar-refractivity contribution is -0.149. The van der Waals surface area contributed by atoms with Gasteiger partial charge in [-0.2, -0.15) is 4.31 Å². The number of piperidine rings is 1. The van der Waals surface area contributed by atoms with Crippen LogP contribution in [-0.2, 0) is 19.6 Å². The van der Waals surface area contributed by atoms with E-state index in [9.17, 15) is 22.8 Å². The average molecular weight is 624 g/mol. The number of para-hydroxylation sites is 1. The van der Waals surface area contributed by atoms with Crippen LogP contribution in [0.5, 0.6) is 0 Å². The molecule has 0 unspecified atom stereocenters. The first-order valence-corrected chi connectivity index (χ1v) is 15.6. The number of hydrogen-bond acceptors (Lipinski definition) is 8. The molecule has 4 aromatic rings. The fraction of sp³-hybridized carbons (Fsp3) is 0.258. The molecule has 1 aromatic heterocycles. The summed E-state index contributed by atoms with van der Waals surface area (Å²) in [5.74, 6) is -1.58. The van der Waals surface area contributed by atoms with Crippen LogP contribution in [0.2, 0.25) is 5.02 Å². The monoisotopic (exact) mass is 623 g/mol. The minimum absolute atomic E-state index is 0.0108. The fourth-order valence-corrected chi connectivity index (χ4v) is 6.68. The summed E-state index contributed by atoms with van der Waals surface area (Å²) in [6.45, 7) is 2.14. The molecule has 3 aromatic carbocycles. The van der Waals surface area contributed by atoms with Crippen LogP contribution in [0, 0.1) is 5.92 Å². The van der Waals surface area contributed by atoms with Crippen molar-refractivity contribution in [1.82, 2.24) is 4.31 Å². The molecule has 12 heteroatoms. The van der Waals surface area contributed by atoms with E-state index in [0.29, 0.717) is 40.2 Å². The first kappa shape index (κ1) is 30.3. The van der Waals surface area contributed by atoms with Crippen molar-refractivity contribution in [2.75, 3.05) is 36.9 Å². The maximum absolute atomic E-state index is 13.4. The van der Waals surface area contributed by atoms with E-state index >= 15 is 0 Å². The number of ketones is 1. The number of esters is 1. The van der Waals surface area contributed by atoms with E-state index in [2.05, 4.69) is 10.6 Å². The van der Waals surface area contributed by atoms with Crippen molar-refractivity contribution >= 4 is 61.6 Å². The molecule has 1 saturated heterocycles. The highest BCUT2D eigenvalue weighted by atomic mass is 35.5. The van der Waals surface area contributed by atoms with E-state index in [4.69, 9.17) is 20.8 Å². The van der Waals surface area contributed by atoms with Gasteiger partial charge in [0.05, 0.1) is 29.7 Å². The first-order valence-electron chi connectivity index (χ1n) is 13.8. The Kier molecular flexibility index (Phi) is 9.14. The lowest BCUT2D eigenvalue weighted by Gasteiger charge is -2.30. The maximum atomic E-state index is 13.4. The maximum Gasteiger partial charge on any atom is 0.309 e. The predicted molar refractivity (Wildman–Crippen MR) is 163 cm³/mol. The summed E-state index contributed by atoms with van der Waals surface area (Å²) < 4.78 is 39.0. The van der Waals surface area contributed by atoms with Gasteiger partial charge in [-0.15, -0.1) is 0 Å². The van der Waals surface area contributed by atoms with Crippen LogP contribution in [0.4, 0.5) is 11.4 Å². The third-order valence-electron chi connectivity index (χ3n) is 7.18. The van der Waals surface area contributed by atoms with Crippen molar-refractivity contribution in [1.29, 1.82) is 0 Å². The number of ether oxygens (including phenoxy) is 1. The van der Waals surface area contributed by atoms with Gasteiger partial charge < -0.3 is 19.8 Å². The Morgan fingerprint density at radius 1 is 1.00 bits per heavy atom. The Hall–Kier alpha value is -4.19. The highest BCUT2D eigenvalue weighted by molar-refractivity contribution is 7.89. The zero-order valence-corrected chi connectivity index (χ0v) is 24.9. The van der Waals surface area contributed by atoms with Gasteiger partial charge in [-0.3, -0.25) is 14.4 Å². The number of carbonyl (C=O) groups is 3. The molecular weight excluding hydrogens is 594 g/mol. The molecule has 1 aliphatic rings. The lowest BCUT2D eigenvalue weighted by Crippen LogP contribution is -2.40. The average Bonchev–Trinajstić information content (AvgIpc) is 3.39. The van der Waals surface area contributed by atoms with Gasteiger partial charge in [0.25, 0.3) is 5.91 Å². The Labute approximate surface area is 254 Å². The second-order valence-electron chi connectivity index (χ2n) is 10.0. The Balaban J connectivity index is 1.31. The summed E-state index contributed by atoms with van der Waals surface area (Å²) in [5.41, 5.74) is 1.45. The number of furan rings is 1. The third-order valence-corrected chi connectivity index (χ3v) is 9.31. The lowest BCUT2D eigenvalue weighted by atomic mass is 9.98. The molecule has 0 saturated carbocycles. The summed E-state index contributed by atoms with van der Waals surface area (Å²) in [4.78, 5) is 38.4. The van der Waals surface area contributed by atoms with Gasteiger partial charge >= 0.3 is 5.97 Å². The molecule has 1 amide bonds. The van der Waals surface area contributed by atoms with Gasteiger partial charge in [0, 0.05) is 34.7 Å². The number of halogens is 1. The highest BCUT2D eigenvalue weighted by Crippen LogP contribution is 2.32. The smallest absolute Gasteiger partial charge is 0.309 e. The predicted octanol–water partition coefficient (Wildman–Crippen LogP) is 5.60. The number of fused-ring (bicyclic) bond motifs is 1. The van der Waals surface area contributed by atoms with E-state index in [1.54, 1.807) is 55.5 Å². The van der Waals surface area contributed by atoms with Gasteiger partial charge in [-0.1, -0.05) is 41.9 Å². The molecule has 224 valence electrons. The molecule has 5 rings (SSSR count). The van der Waals surface area contributed by atoms with Gasteiger partial charge in [0.1, 0.15) is 5.58 Å². The molecule has 1 aliphatic heterocycles. The summed E-state index contributed by atoms with van der Waals surface area (Å²) in [6, 6.07) is 19.5. The summed E-state index contributed by atoms with van der Waals surface area (Å²) >= 11 is 6.04. The van der Waals surface area contributed by atoms with Crippen LogP contribution < -0.4 is 10.6 Å². The van der Waals surface area contributed by atoms with Crippen molar-refractivity contribution in [3.8, 4) is 0 Å². The number of hydrogen-bond donors (Lipinski definition) is 2. The van der Waals surface area contributed by atoms with E-state index in [-0.39, 0.29) is 60.1 Å². The van der Waals surface area contributed by atoms with E-state index in [1.165, 1.54) is 28.6 Å². The zero-order valence-electron chi connectivity index (χ0n) is 23.3. The topological polar surface area (TPSA) is 135 Å². The van der Waals surface area contributed by atoms with Gasteiger partial charge in [0.15, 0.2) is 5.78 Å².